The first-order chi connectivity index (χ1) is 10.8. The van der Waals surface area contributed by atoms with E-state index in [4.69, 9.17) is 4.74 Å². The summed E-state index contributed by atoms with van der Waals surface area (Å²) in [5.74, 6) is 1.44. The van der Waals surface area contributed by atoms with Crippen molar-refractivity contribution in [3.8, 4) is 5.75 Å². The number of hydrogen-bond acceptors (Lipinski definition) is 4. The van der Waals surface area contributed by atoms with E-state index in [2.05, 4.69) is 16.3 Å². The molecule has 0 spiro atoms. The Morgan fingerprint density at radius 1 is 1.27 bits per heavy atom. The molecule has 1 aromatic rings. The van der Waals surface area contributed by atoms with E-state index in [0.717, 1.165) is 57.1 Å². The summed E-state index contributed by atoms with van der Waals surface area (Å²) in [5.41, 5.74) is 1.14. The number of para-hydroxylation sites is 2. The van der Waals surface area contributed by atoms with Gasteiger partial charge < -0.3 is 19.9 Å². The third-order valence-corrected chi connectivity index (χ3v) is 4.51. The molecule has 0 radical (unpaired) electrons. The van der Waals surface area contributed by atoms with Crippen molar-refractivity contribution < 1.29 is 9.53 Å². The Morgan fingerprint density at radius 2 is 2.05 bits per heavy atom. The Labute approximate surface area is 132 Å². The van der Waals surface area contributed by atoms with Crippen molar-refractivity contribution in [3.05, 3.63) is 24.3 Å². The summed E-state index contributed by atoms with van der Waals surface area (Å²) in [6.07, 6.45) is 0.978. The highest BCUT2D eigenvalue weighted by Gasteiger charge is 2.29. The van der Waals surface area contributed by atoms with Gasteiger partial charge in [0.2, 0.25) is 5.91 Å². The summed E-state index contributed by atoms with van der Waals surface area (Å²) in [6.45, 7) is 7.83. The Morgan fingerprint density at radius 3 is 2.73 bits per heavy atom. The fourth-order valence-electron chi connectivity index (χ4n) is 3.29. The van der Waals surface area contributed by atoms with Crippen molar-refractivity contribution in [2.45, 2.75) is 13.3 Å². The standard InChI is InChI=1S/C17H25N3O2/c1-2-22-16-6-4-3-5-15(16)19-9-11-20(12-10-19)17(21)14-7-8-18-13-14/h3-6,14,18H,2,7-13H2,1H3. The molecule has 0 saturated carbocycles. The summed E-state index contributed by atoms with van der Waals surface area (Å²) >= 11 is 0. The number of piperazine rings is 1. The quantitative estimate of drug-likeness (QED) is 0.912. The van der Waals surface area contributed by atoms with E-state index < -0.39 is 0 Å². The highest BCUT2D eigenvalue weighted by atomic mass is 16.5. The van der Waals surface area contributed by atoms with E-state index in [1.807, 2.05) is 30.0 Å². The maximum atomic E-state index is 12.5. The van der Waals surface area contributed by atoms with Crippen LogP contribution in [0.25, 0.3) is 0 Å². The first kappa shape index (κ1) is 15.2. The Balaban J connectivity index is 1.60. The van der Waals surface area contributed by atoms with Gasteiger partial charge in [-0.25, -0.2) is 0 Å². The lowest BCUT2D eigenvalue weighted by Crippen LogP contribution is -2.50. The summed E-state index contributed by atoms with van der Waals surface area (Å²) in [4.78, 5) is 16.8. The molecule has 1 amide bonds. The number of nitrogens with zero attached hydrogens (tertiary/aromatic N) is 2. The van der Waals surface area contributed by atoms with Crippen LogP contribution < -0.4 is 15.0 Å². The minimum Gasteiger partial charge on any atom is -0.492 e. The number of rotatable bonds is 4. The molecule has 2 heterocycles. The van der Waals surface area contributed by atoms with Gasteiger partial charge in [-0.15, -0.1) is 0 Å². The van der Waals surface area contributed by atoms with Crippen LogP contribution in [-0.4, -0.2) is 56.7 Å². The van der Waals surface area contributed by atoms with Crippen molar-refractivity contribution >= 4 is 11.6 Å². The lowest BCUT2D eigenvalue weighted by atomic mass is 10.1. The predicted octanol–water partition coefficient (Wildman–Crippen LogP) is 1.34. The zero-order chi connectivity index (χ0) is 15.4. The number of anilines is 1. The van der Waals surface area contributed by atoms with Crippen LogP contribution in [0.15, 0.2) is 24.3 Å². The first-order valence-electron chi connectivity index (χ1n) is 8.26. The molecule has 3 rings (SSSR count). The van der Waals surface area contributed by atoms with Crippen LogP contribution in [0.2, 0.25) is 0 Å². The summed E-state index contributed by atoms with van der Waals surface area (Å²) in [5, 5.41) is 3.27. The predicted molar refractivity (Wildman–Crippen MR) is 87.4 cm³/mol. The topological polar surface area (TPSA) is 44.8 Å². The molecule has 5 nitrogen and oxygen atoms in total. The summed E-state index contributed by atoms with van der Waals surface area (Å²) in [6, 6.07) is 8.16. The molecule has 0 bridgehead atoms. The molecule has 1 atom stereocenters. The maximum absolute atomic E-state index is 12.5. The molecule has 120 valence electrons. The van der Waals surface area contributed by atoms with Crippen LogP contribution in [0.4, 0.5) is 5.69 Å². The van der Waals surface area contributed by atoms with Crippen LogP contribution >= 0.6 is 0 Å². The number of carbonyl (C=O) groups excluding carboxylic acids is 1. The van der Waals surface area contributed by atoms with E-state index >= 15 is 0 Å². The molecule has 5 heteroatoms. The molecular weight excluding hydrogens is 278 g/mol. The van der Waals surface area contributed by atoms with E-state index in [1.54, 1.807) is 0 Å². The summed E-state index contributed by atoms with van der Waals surface area (Å²) < 4.78 is 5.72. The Kier molecular flexibility index (Phi) is 4.83. The Hall–Kier alpha value is -1.75. The van der Waals surface area contributed by atoms with Gasteiger partial charge in [0.25, 0.3) is 0 Å². The van der Waals surface area contributed by atoms with E-state index in [-0.39, 0.29) is 5.92 Å². The van der Waals surface area contributed by atoms with Crippen LogP contribution in [0.1, 0.15) is 13.3 Å². The average molecular weight is 303 g/mol. The van der Waals surface area contributed by atoms with Gasteiger partial charge in [0.05, 0.1) is 18.2 Å². The molecule has 2 aliphatic rings. The monoisotopic (exact) mass is 303 g/mol. The maximum Gasteiger partial charge on any atom is 0.227 e. The molecule has 1 N–H and O–H groups in total. The second-order valence-corrected chi connectivity index (χ2v) is 5.90. The third kappa shape index (κ3) is 3.19. The Bertz CT molecular complexity index is 506. The van der Waals surface area contributed by atoms with Gasteiger partial charge in [0, 0.05) is 32.7 Å². The summed E-state index contributed by atoms with van der Waals surface area (Å²) in [7, 11) is 0. The molecular formula is C17H25N3O2. The van der Waals surface area contributed by atoms with Crippen molar-refractivity contribution in [2.75, 3.05) is 50.8 Å². The van der Waals surface area contributed by atoms with Crippen LogP contribution in [0, 0.1) is 5.92 Å². The van der Waals surface area contributed by atoms with E-state index in [9.17, 15) is 4.79 Å². The van der Waals surface area contributed by atoms with Crippen molar-refractivity contribution in [1.29, 1.82) is 0 Å². The second-order valence-electron chi connectivity index (χ2n) is 5.90. The second kappa shape index (κ2) is 7.01. The highest BCUT2D eigenvalue weighted by Crippen LogP contribution is 2.29. The lowest BCUT2D eigenvalue weighted by molar-refractivity contribution is -0.135. The number of benzene rings is 1. The number of carbonyl (C=O) groups is 1. The van der Waals surface area contributed by atoms with Gasteiger partial charge in [-0.1, -0.05) is 12.1 Å². The zero-order valence-corrected chi connectivity index (χ0v) is 13.3. The van der Waals surface area contributed by atoms with Gasteiger partial charge in [-0.05, 0) is 32.0 Å². The van der Waals surface area contributed by atoms with Crippen molar-refractivity contribution in [2.24, 2.45) is 5.92 Å². The van der Waals surface area contributed by atoms with Crippen molar-refractivity contribution in [3.63, 3.8) is 0 Å². The number of amides is 1. The minimum atomic E-state index is 0.183. The van der Waals surface area contributed by atoms with Gasteiger partial charge in [-0.2, -0.15) is 0 Å². The molecule has 0 aliphatic carbocycles. The molecule has 1 unspecified atom stereocenters. The fraction of sp³-hybridized carbons (Fsp3) is 0.588. The largest absolute Gasteiger partial charge is 0.492 e. The first-order valence-corrected chi connectivity index (χ1v) is 8.26. The van der Waals surface area contributed by atoms with Gasteiger partial charge in [-0.3, -0.25) is 4.79 Å². The van der Waals surface area contributed by atoms with E-state index in [0.29, 0.717) is 12.5 Å². The smallest absolute Gasteiger partial charge is 0.227 e. The number of hydrogen-bond donors (Lipinski definition) is 1. The molecule has 0 aromatic heterocycles. The zero-order valence-electron chi connectivity index (χ0n) is 13.3. The lowest BCUT2D eigenvalue weighted by Gasteiger charge is -2.37. The number of ether oxygens (including phenoxy) is 1. The molecule has 1 aromatic carbocycles. The van der Waals surface area contributed by atoms with Gasteiger partial charge >= 0.3 is 0 Å². The van der Waals surface area contributed by atoms with Crippen LogP contribution in [0.5, 0.6) is 5.75 Å². The highest BCUT2D eigenvalue weighted by molar-refractivity contribution is 5.79. The van der Waals surface area contributed by atoms with Crippen molar-refractivity contribution in [1.82, 2.24) is 10.2 Å². The van der Waals surface area contributed by atoms with Gasteiger partial charge in [0.15, 0.2) is 0 Å². The molecule has 2 saturated heterocycles. The third-order valence-electron chi connectivity index (χ3n) is 4.51. The van der Waals surface area contributed by atoms with E-state index in [1.165, 1.54) is 0 Å². The van der Waals surface area contributed by atoms with Gasteiger partial charge in [0.1, 0.15) is 5.75 Å². The molecule has 2 fully saturated rings. The van der Waals surface area contributed by atoms with Crippen LogP contribution in [0.3, 0.4) is 0 Å². The molecule has 2 aliphatic heterocycles. The average Bonchev–Trinajstić information content (AvgIpc) is 3.10. The fourth-order valence-corrected chi connectivity index (χ4v) is 3.29. The number of nitrogens with one attached hydrogen (secondary N) is 1. The minimum absolute atomic E-state index is 0.183. The SMILES string of the molecule is CCOc1ccccc1N1CCN(C(=O)C2CCNC2)CC1. The van der Waals surface area contributed by atoms with Crippen LogP contribution in [-0.2, 0) is 4.79 Å². The molecule has 22 heavy (non-hydrogen) atoms. The normalized spacial score (nSPS) is 22.0.